The number of hydrogen-bond donors (Lipinski definition) is 1. The van der Waals surface area contributed by atoms with E-state index in [1.165, 1.54) is 16.9 Å². The van der Waals surface area contributed by atoms with E-state index in [9.17, 15) is 0 Å². The molecule has 0 bridgehead atoms. The topological polar surface area (TPSA) is 29.9 Å². The van der Waals surface area contributed by atoms with E-state index in [1.807, 2.05) is 12.5 Å². The normalized spacial score (nSPS) is 10.9. The highest BCUT2D eigenvalue weighted by atomic mass is 15.1. The van der Waals surface area contributed by atoms with Gasteiger partial charge in [-0.25, -0.2) is 4.98 Å². The van der Waals surface area contributed by atoms with Crippen LogP contribution in [0, 0.1) is 0 Å². The minimum Gasteiger partial charge on any atom is -0.379 e. The van der Waals surface area contributed by atoms with Gasteiger partial charge in [0.2, 0.25) is 0 Å². The molecule has 0 aliphatic rings. The molecule has 0 aliphatic heterocycles. The maximum absolute atomic E-state index is 4.22. The number of para-hydroxylation sites is 1. The number of aromatic nitrogens is 2. The second-order valence-corrected chi connectivity index (χ2v) is 4.75. The number of hydrogen-bond acceptors (Lipinski definition) is 2. The maximum Gasteiger partial charge on any atom is 0.0951 e. The minimum atomic E-state index is 0.450. The molecule has 0 fully saturated rings. The zero-order valence-electron chi connectivity index (χ0n) is 11.4. The Hall–Kier alpha value is -1.77. The zero-order valence-corrected chi connectivity index (χ0v) is 11.4. The van der Waals surface area contributed by atoms with E-state index in [0.717, 1.165) is 13.0 Å². The number of benzene rings is 1. The lowest BCUT2D eigenvalue weighted by molar-refractivity contribution is 0.577. The third-order valence-corrected chi connectivity index (χ3v) is 3.16. The van der Waals surface area contributed by atoms with Crippen LogP contribution in [-0.2, 0) is 13.0 Å². The number of aryl methyl sites for hydroxylation is 1. The highest BCUT2D eigenvalue weighted by Gasteiger charge is 2.05. The summed E-state index contributed by atoms with van der Waals surface area (Å²) < 4.78 is 2.20. The molecule has 18 heavy (non-hydrogen) atoms. The van der Waals surface area contributed by atoms with Crippen LogP contribution in [0.4, 0.5) is 5.69 Å². The average Bonchev–Trinajstić information content (AvgIpc) is 2.85. The number of nitrogens with zero attached hydrogens (tertiary/aromatic N) is 2. The summed E-state index contributed by atoms with van der Waals surface area (Å²) in [5.41, 5.74) is 3.79. The Bertz CT molecular complexity index is 500. The first-order valence-corrected chi connectivity index (χ1v) is 6.54. The summed E-state index contributed by atoms with van der Waals surface area (Å²) in [6.45, 7) is 7.34. The lowest BCUT2D eigenvalue weighted by atomic mass is 10.1. The van der Waals surface area contributed by atoms with Gasteiger partial charge in [0.15, 0.2) is 0 Å². The summed E-state index contributed by atoms with van der Waals surface area (Å²) >= 11 is 0. The fourth-order valence-electron chi connectivity index (χ4n) is 2.12. The summed E-state index contributed by atoms with van der Waals surface area (Å²) in [7, 11) is 0. The third kappa shape index (κ3) is 2.73. The van der Waals surface area contributed by atoms with Crippen LogP contribution in [-0.4, -0.2) is 9.55 Å². The van der Waals surface area contributed by atoms with Crippen LogP contribution in [0.15, 0.2) is 36.8 Å². The SMILES string of the molecule is CCc1ccccc1NCc1cncn1C(C)C. The van der Waals surface area contributed by atoms with Crippen molar-refractivity contribution in [2.24, 2.45) is 0 Å². The quantitative estimate of drug-likeness (QED) is 0.869. The molecule has 0 atom stereocenters. The molecule has 0 aliphatic carbocycles. The molecule has 0 unspecified atom stereocenters. The average molecular weight is 243 g/mol. The van der Waals surface area contributed by atoms with E-state index in [2.05, 4.69) is 59.9 Å². The van der Waals surface area contributed by atoms with Crippen molar-refractivity contribution in [2.45, 2.75) is 39.8 Å². The maximum atomic E-state index is 4.22. The molecule has 1 aromatic carbocycles. The monoisotopic (exact) mass is 243 g/mol. The minimum absolute atomic E-state index is 0.450. The molecular weight excluding hydrogens is 222 g/mol. The Labute approximate surface area is 109 Å². The van der Waals surface area contributed by atoms with Gasteiger partial charge in [0.25, 0.3) is 0 Å². The van der Waals surface area contributed by atoms with Crippen molar-refractivity contribution in [1.29, 1.82) is 0 Å². The highest BCUT2D eigenvalue weighted by Crippen LogP contribution is 2.17. The first kappa shape index (κ1) is 12.7. The van der Waals surface area contributed by atoms with E-state index in [1.54, 1.807) is 0 Å². The second kappa shape index (κ2) is 5.71. The van der Waals surface area contributed by atoms with Crippen LogP contribution in [0.1, 0.15) is 38.1 Å². The zero-order chi connectivity index (χ0) is 13.0. The Balaban J connectivity index is 2.09. The van der Waals surface area contributed by atoms with E-state index in [4.69, 9.17) is 0 Å². The summed E-state index contributed by atoms with van der Waals surface area (Å²) in [4.78, 5) is 4.22. The third-order valence-electron chi connectivity index (χ3n) is 3.16. The smallest absolute Gasteiger partial charge is 0.0951 e. The first-order chi connectivity index (χ1) is 8.72. The predicted molar refractivity (Wildman–Crippen MR) is 75.8 cm³/mol. The number of rotatable bonds is 5. The fraction of sp³-hybridized carbons (Fsp3) is 0.400. The molecule has 2 rings (SSSR count). The van der Waals surface area contributed by atoms with Crippen LogP contribution in [0.2, 0.25) is 0 Å². The lowest BCUT2D eigenvalue weighted by Gasteiger charge is -2.14. The van der Waals surface area contributed by atoms with Gasteiger partial charge in [-0.1, -0.05) is 25.1 Å². The van der Waals surface area contributed by atoms with Crippen molar-refractivity contribution in [2.75, 3.05) is 5.32 Å². The summed E-state index contributed by atoms with van der Waals surface area (Å²) in [5.74, 6) is 0. The molecule has 0 radical (unpaired) electrons. The Morgan fingerprint density at radius 2 is 2.06 bits per heavy atom. The van der Waals surface area contributed by atoms with Crippen molar-refractivity contribution in [3.05, 3.63) is 48.0 Å². The molecule has 3 heteroatoms. The molecule has 0 spiro atoms. The largest absolute Gasteiger partial charge is 0.379 e. The second-order valence-electron chi connectivity index (χ2n) is 4.75. The fourth-order valence-corrected chi connectivity index (χ4v) is 2.12. The molecule has 1 N–H and O–H groups in total. The highest BCUT2D eigenvalue weighted by molar-refractivity contribution is 5.51. The van der Waals surface area contributed by atoms with Gasteiger partial charge < -0.3 is 9.88 Å². The molecule has 3 nitrogen and oxygen atoms in total. The summed E-state index contributed by atoms with van der Waals surface area (Å²) in [6, 6.07) is 8.91. The Morgan fingerprint density at radius 1 is 1.28 bits per heavy atom. The van der Waals surface area contributed by atoms with Crippen LogP contribution in [0.3, 0.4) is 0 Å². The van der Waals surface area contributed by atoms with E-state index >= 15 is 0 Å². The van der Waals surface area contributed by atoms with Crippen molar-refractivity contribution in [1.82, 2.24) is 9.55 Å². The van der Waals surface area contributed by atoms with Gasteiger partial charge in [-0.15, -0.1) is 0 Å². The molecule has 0 saturated carbocycles. The number of nitrogens with one attached hydrogen (secondary N) is 1. The molecule has 2 aromatic rings. The van der Waals surface area contributed by atoms with Gasteiger partial charge in [-0.05, 0) is 31.9 Å². The van der Waals surface area contributed by atoms with Crippen LogP contribution in [0.5, 0.6) is 0 Å². The number of imidazole rings is 1. The Kier molecular flexibility index (Phi) is 4.03. The summed E-state index contributed by atoms with van der Waals surface area (Å²) in [6.07, 6.45) is 4.88. The van der Waals surface area contributed by atoms with Gasteiger partial charge in [0.05, 0.1) is 18.6 Å². The molecule has 1 aromatic heterocycles. The van der Waals surface area contributed by atoms with Gasteiger partial charge >= 0.3 is 0 Å². The Morgan fingerprint density at radius 3 is 2.78 bits per heavy atom. The van der Waals surface area contributed by atoms with E-state index in [-0.39, 0.29) is 0 Å². The van der Waals surface area contributed by atoms with Crippen LogP contribution >= 0.6 is 0 Å². The molecule has 0 saturated heterocycles. The van der Waals surface area contributed by atoms with Crippen molar-refractivity contribution < 1.29 is 0 Å². The lowest BCUT2D eigenvalue weighted by Crippen LogP contribution is -2.09. The number of anilines is 1. The van der Waals surface area contributed by atoms with E-state index in [0.29, 0.717) is 6.04 Å². The molecule has 96 valence electrons. The molecule has 0 amide bonds. The van der Waals surface area contributed by atoms with Gasteiger partial charge in [-0.2, -0.15) is 0 Å². The van der Waals surface area contributed by atoms with Crippen molar-refractivity contribution in [3.63, 3.8) is 0 Å². The molecular formula is C15H21N3. The first-order valence-electron chi connectivity index (χ1n) is 6.54. The summed E-state index contributed by atoms with van der Waals surface area (Å²) in [5, 5.41) is 3.50. The predicted octanol–water partition coefficient (Wildman–Crippen LogP) is 3.64. The van der Waals surface area contributed by atoms with Crippen LogP contribution in [0.25, 0.3) is 0 Å². The van der Waals surface area contributed by atoms with Crippen molar-refractivity contribution >= 4 is 5.69 Å². The van der Waals surface area contributed by atoms with Gasteiger partial charge in [0, 0.05) is 17.9 Å². The van der Waals surface area contributed by atoms with Gasteiger partial charge in [-0.3, -0.25) is 0 Å². The van der Waals surface area contributed by atoms with Gasteiger partial charge in [0.1, 0.15) is 0 Å². The standard InChI is InChI=1S/C15H21N3/c1-4-13-7-5-6-8-15(13)17-10-14-9-16-11-18(14)12(2)3/h5-9,11-12,17H,4,10H2,1-3H3. The van der Waals surface area contributed by atoms with Crippen molar-refractivity contribution in [3.8, 4) is 0 Å². The van der Waals surface area contributed by atoms with E-state index < -0.39 is 0 Å². The molecule has 1 heterocycles. The van der Waals surface area contributed by atoms with Crippen LogP contribution < -0.4 is 5.32 Å².